The summed E-state index contributed by atoms with van der Waals surface area (Å²) in [6.45, 7) is 1.39. The second-order valence-corrected chi connectivity index (χ2v) is 5.04. The fraction of sp³-hybridized carbons (Fsp3) is 0.500. The lowest BCUT2D eigenvalue weighted by atomic mass is 10.0. The number of hydrogen-bond acceptors (Lipinski definition) is 6. The van der Waals surface area contributed by atoms with Gasteiger partial charge in [0, 0.05) is 17.3 Å². The van der Waals surface area contributed by atoms with E-state index in [4.69, 9.17) is 14.9 Å². The summed E-state index contributed by atoms with van der Waals surface area (Å²) < 4.78 is 44.7. The molecule has 1 unspecified atom stereocenters. The van der Waals surface area contributed by atoms with Gasteiger partial charge in [-0.15, -0.1) is 0 Å². The number of hydrazone groups is 1. The lowest BCUT2D eigenvalue weighted by molar-refractivity contribution is -0.137. The Labute approximate surface area is 131 Å². The van der Waals surface area contributed by atoms with Crippen LogP contribution >= 0.6 is 0 Å². The molecule has 0 spiro atoms. The van der Waals surface area contributed by atoms with E-state index in [0.29, 0.717) is 6.42 Å². The zero-order valence-corrected chi connectivity index (χ0v) is 12.4. The molecule has 0 saturated carbocycles. The van der Waals surface area contributed by atoms with Crippen LogP contribution in [0.5, 0.6) is 0 Å². The van der Waals surface area contributed by atoms with E-state index in [9.17, 15) is 13.2 Å². The Hall–Kier alpha value is -1.84. The molecule has 0 radical (unpaired) electrons. The van der Waals surface area contributed by atoms with E-state index in [-0.39, 0.29) is 30.2 Å². The average Bonchev–Trinajstić information content (AvgIpc) is 2.52. The van der Waals surface area contributed by atoms with Gasteiger partial charge in [-0.25, -0.2) is 0 Å². The second-order valence-electron chi connectivity index (χ2n) is 5.04. The van der Waals surface area contributed by atoms with Crippen molar-refractivity contribution in [2.45, 2.75) is 32.0 Å². The van der Waals surface area contributed by atoms with Crippen molar-refractivity contribution < 1.29 is 28.1 Å². The smallest absolute Gasteiger partial charge is 0.394 e. The van der Waals surface area contributed by atoms with Crippen molar-refractivity contribution in [1.29, 1.82) is 0 Å². The Morgan fingerprint density at radius 3 is 2.74 bits per heavy atom. The summed E-state index contributed by atoms with van der Waals surface area (Å²) in [5.41, 5.74) is 1.78. The number of anilines is 1. The van der Waals surface area contributed by atoms with Gasteiger partial charge in [0.15, 0.2) is 0 Å². The number of nitrogens with zero attached hydrogens (tertiary/aromatic N) is 1. The molecule has 0 fully saturated rings. The summed E-state index contributed by atoms with van der Waals surface area (Å²) in [7, 11) is 0. The highest BCUT2D eigenvalue weighted by Gasteiger charge is 2.34. The number of hydrogen-bond donors (Lipinski definition) is 4. The monoisotopic (exact) mass is 333 g/mol. The number of ether oxygens (including phenoxy) is 1. The third-order valence-corrected chi connectivity index (χ3v) is 3.42. The summed E-state index contributed by atoms with van der Waals surface area (Å²) in [6, 6.07) is 3.27. The Bertz CT molecular complexity index is 574. The summed E-state index contributed by atoms with van der Waals surface area (Å²) >= 11 is 0. The summed E-state index contributed by atoms with van der Waals surface area (Å²) in [5.74, 6) is 0. The van der Waals surface area contributed by atoms with Crippen LogP contribution in [0.4, 0.5) is 18.9 Å². The number of benzene rings is 1. The summed E-state index contributed by atoms with van der Waals surface area (Å²) in [5, 5.41) is 24.7. The maximum atomic E-state index is 13.3. The number of halogens is 3. The fourth-order valence-corrected chi connectivity index (χ4v) is 2.09. The number of rotatable bonds is 5. The molecule has 0 aliphatic carbocycles. The minimum Gasteiger partial charge on any atom is -0.394 e. The van der Waals surface area contributed by atoms with Crippen LogP contribution in [-0.4, -0.2) is 41.6 Å². The van der Waals surface area contributed by atoms with Gasteiger partial charge in [0.25, 0.3) is 6.41 Å². The first-order chi connectivity index (χ1) is 10.8. The Morgan fingerprint density at radius 1 is 1.48 bits per heavy atom. The van der Waals surface area contributed by atoms with E-state index in [0.717, 1.165) is 6.07 Å². The van der Waals surface area contributed by atoms with Crippen LogP contribution in [0, 0.1) is 0 Å². The lowest BCUT2D eigenvalue weighted by Crippen LogP contribution is -2.36. The van der Waals surface area contributed by atoms with Crippen LogP contribution in [-0.2, 0) is 10.9 Å². The minimum absolute atomic E-state index is 0.104. The quantitative estimate of drug-likeness (QED) is 0.656. The number of aliphatic hydroxyl groups is 2. The van der Waals surface area contributed by atoms with Crippen molar-refractivity contribution in [3.63, 3.8) is 0 Å². The summed E-state index contributed by atoms with van der Waals surface area (Å²) in [4.78, 5) is 0. The molecule has 1 aromatic carbocycles. The zero-order valence-electron chi connectivity index (χ0n) is 12.4. The summed E-state index contributed by atoms with van der Waals surface area (Å²) in [6.07, 6.45) is -5.34. The van der Waals surface area contributed by atoms with Crippen molar-refractivity contribution in [2.24, 2.45) is 5.10 Å². The standard InChI is InChI=1S/C14H18F3N3O3/c1-2-9(6-21)18-11-4-3-8(5-10(11)14(15,16)17)12-7-23-13(22)20-19-12/h3-5,9,13,18,20-22H,2,6-7H2,1H3/t9-,13?/m0/s1. The van der Waals surface area contributed by atoms with E-state index in [1.165, 1.54) is 12.1 Å². The normalized spacial score (nSPS) is 19.7. The van der Waals surface area contributed by atoms with E-state index >= 15 is 0 Å². The molecular weight excluding hydrogens is 315 g/mol. The number of nitrogens with one attached hydrogen (secondary N) is 2. The highest BCUT2D eigenvalue weighted by molar-refractivity contribution is 6.02. The van der Waals surface area contributed by atoms with Crippen LogP contribution in [0.3, 0.4) is 0 Å². The number of alkyl halides is 3. The maximum absolute atomic E-state index is 13.3. The molecule has 0 bridgehead atoms. The van der Waals surface area contributed by atoms with Crippen molar-refractivity contribution in [1.82, 2.24) is 5.43 Å². The number of aliphatic hydroxyl groups excluding tert-OH is 2. The molecule has 9 heteroatoms. The Balaban J connectivity index is 2.35. The highest BCUT2D eigenvalue weighted by atomic mass is 19.4. The van der Waals surface area contributed by atoms with Gasteiger partial charge < -0.3 is 20.3 Å². The maximum Gasteiger partial charge on any atom is 0.418 e. The molecule has 2 atom stereocenters. The fourth-order valence-electron chi connectivity index (χ4n) is 2.09. The first-order valence-electron chi connectivity index (χ1n) is 7.06. The molecule has 23 heavy (non-hydrogen) atoms. The molecule has 0 saturated heterocycles. The van der Waals surface area contributed by atoms with E-state index in [1.807, 2.05) is 0 Å². The van der Waals surface area contributed by atoms with E-state index < -0.39 is 24.2 Å². The molecule has 6 nitrogen and oxygen atoms in total. The first kappa shape index (κ1) is 17.5. The molecule has 1 aliphatic rings. The third kappa shape index (κ3) is 4.34. The SMILES string of the molecule is CC[C@@H](CO)Nc1ccc(C2=NNC(O)OC2)cc1C(F)(F)F. The van der Waals surface area contributed by atoms with Gasteiger partial charge >= 0.3 is 6.18 Å². The topological polar surface area (TPSA) is 86.1 Å². The van der Waals surface area contributed by atoms with Crippen LogP contribution in [0.2, 0.25) is 0 Å². The lowest BCUT2D eigenvalue weighted by Gasteiger charge is -2.22. The van der Waals surface area contributed by atoms with Crippen LogP contribution in [0.1, 0.15) is 24.5 Å². The largest absolute Gasteiger partial charge is 0.418 e. The van der Waals surface area contributed by atoms with Gasteiger partial charge in [-0.1, -0.05) is 13.0 Å². The van der Waals surface area contributed by atoms with Crippen molar-refractivity contribution in [3.05, 3.63) is 29.3 Å². The Kier molecular flexibility index (Phi) is 5.45. The van der Waals surface area contributed by atoms with Crippen LogP contribution in [0.15, 0.2) is 23.3 Å². The molecule has 128 valence electrons. The highest BCUT2D eigenvalue weighted by Crippen LogP contribution is 2.36. The van der Waals surface area contributed by atoms with Crippen LogP contribution < -0.4 is 10.7 Å². The van der Waals surface area contributed by atoms with Crippen molar-refractivity contribution in [2.75, 3.05) is 18.5 Å². The van der Waals surface area contributed by atoms with Gasteiger partial charge in [0.05, 0.1) is 24.5 Å². The zero-order chi connectivity index (χ0) is 17.0. The van der Waals surface area contributed by atoms with Gasteiger partial charge in [-0.2, -0.15) is 18.3 Å². The van der Waals surface area contributed by atoms with Crippen molar-refractivity contribution >= 4 is 11.4 Å². The van der Waals surface area contributed by atoms with E-state index in [2.05, 4.69) is 15.8 Å². The molecule has 0 amide bonds. The molecular formula is C14H18F3N3O3. The van der Waals surface area contributed by atoms with E-state index in [1.54, 1.807) is 6.92 Å². The molecule has 2 rings (SSSR count). The molecule has 4 N–H and O–H groups in total. The van der Waals surface area contributed by atoms with Gasteiger partial charge in [-0.05, 0) is 18.6 Å². The van der Waals surface area contributed by atoms with Gasteiger partial charge in [0.1, 0.15) is 0 Å². The van der Waals surface area contributed by atoms with Crippen LogP contribution in [0.25, 0.3) is 0 Å². The Morgan fingerprint density at radius 2 is 2.22 bits per heavy atom. The average molecular weight is 333 g/mol. The molecule has 1 aromatic rings. The molecule has 0 aromatic heterocycles. The second kappa shape index (κ2) is 7.16. The molecule has 1 aliphatic heterocycles. The molecule has 1 heterocycles. The third-order valence-electron chi connectivity index (χ3n) is 3.42. The first-order valence-corrected chi connectivity index (χ1v) is 7.06. The predicted octanol–water partition coefficient (Wildman–Crippen LogP) is 1.49. The van der Waals surface area contributed by atoms with Crippen molar-refractivity contribution in [3.8, 4) is 0 Å². The predicted molar refractivity (Wildman–Crippen MR) is 77.9 cm³/mol. The minimum atomic E-state index is -4.56. The van der Waals surface area contributed by atoms with Gasteiger partial charge in [-0.3, -0.25) is 5.43 Å². The van der Waals surface area contributed by atoms with Gasteiger partial charge in [0.2, 0.25) is 0 Å².